The van der Waals surface area contributed by atoms with E-state index in [-0.39, 0.29) is 12.6 Å². The molecule has 0 radical (unpaired) electrons. The van der Waals surface area contributed by atoms with Crippen LogP contribution < -0.4 is 0 Å². The van der Waals surface area contributed by atoms with Gasteiger partial charge >= 0.3 is 5.97 Å². The number of hydrogen-bond acceptors (Lipinski definition) is 3. The number of carbonyl (C=O) groups excluding carboxylic acids is 1. The predicted molar refractivity (Wildman–Crippen MR) is 58.4 cm³/mol. The molecule has 1 fully saturated rings. The first-order valence-electron chi connectivity index (χ1n) is 5.84. The number of carbonyl (C=O) groups is 1. The Morgan fingerprint density at radius 1 is 1.40 bits per heavy atom. The lowest BCUT2D eigenvalue weighted by atomic mass is 9.68. The molecule has 3 heteroatoms. The molecule has 1 unspecified atom stereocenters. The van der Waals surface area contributed by atoms with Gasteiger partial charge < -0.3 is 9.84 Å². The summed E-state index contributed by atoms with van der Waals surface area (Å²) in [6.45, 7) is 1.99. The fourth-order valence-electron chi connectivity index (χ4n) is 2.68. The van der Waals surface area contributed by atoms with Crippen LogP contribution in [0.15, 0.2) is 0 Å². The highest BCUT2D eigenvalue weighted by Crippen LogP contribution is 2.41. The molecular formula is C12H22O3. The monoisotopic (exact) mass is 214 g/mol. The Balaban J connectivity index is 2.73. The Morgan fingerprint density at radius 3 is 2.47 bits per heavy atom. The van der Waals surface area contributed by atoms with Crippen molar-refractivity contribution in [1.29, 1.82) is 0 Å². The van der Waals surface area contributed by atoms with Crippen LogP contribution in [0.3, 0.4) is 0 Å². The Kier molecular flexibility index (Phi) is 4.58. The van der Waals surface area contributed by atoms with Crippen molar-refractivity contribution in [2.24, 2.45) is 11.3 Å². The van der Waals surface area contributed by atoms with Crippen molar-refractivity contribution in [1.82, 2.24) is 0 Å². The summed E-state index contributed by atoms with van der Waals surface area (Å²) in [5.74, 6) is 0.217. The molecule has 1 N–H and O–H groups in total. The molecule has 0 saturated heterocycles. The maximum atomic E-state index is 11.8. The van der Waals surface area contributed by atoms with Gasteiger partial charge in [-0.15, -0.1) is 0 Å². The topological polar surface area (TPSA) is 46.5 Å². The van der Waals surface area contributed by atoms with Crippen LogP contribution in [0.5, 0.6) is 0 Å². The molecule has 88 valence electrons. The molecule has 1 aliphatic rings. The fourth-order valence-corrected chi connectivity index (χ4v) is 2.68. The van der Waals surface area contributed by atoms with Gasteiger partial charge in [-0.1, -0.05) is 19.3 Å². The van der Waals surface area contributed by atoms with E-state index in [1.165, 1.54) is 26.4 Å². The summed E-state index contributed by atoms with van der Waals surface area (Å²) in [4.78, 5) is 11.8. The van der Waals surface area contributed by atoms with Crippen molar-refractivity contribution in [3.63, 3.8) is 0 Å². The second-order valence-corrected chi connectivity index (χ2v) is 4.72. The van der Waals surface area contributed by atoms with Crippen molar-refractivity contribution in [2.45, 2.75) is 45.4 Å². The largest absolute Gasteiger partial charge is 0.469 e. The molecule has 1 atom stereocenters. The van der Waals surface area contributed by atoms with E-state index in [1.807, 2.05) is 6.92 Å². The van der Waals surface area contributed by atoms with Gasteiger partial charge in [0.15, 0.2) is 0 Å². The van der Waals surface area contributed by atoms with Crippen molar-refractivity contribution in [3.05, 3.63) is 0 Å². The lowest BCUT2D eigenvalue weighted by Crippen LogP contribution is -2.38. The van der Waals surface area contributed by atoms with Gasteiger partial charge in [0.05, 0.1) is 12.5 Å². The third kappa shape index (κ3) is 2.71. The summed E-state index contributed by atoms with van der Waals surface area (Å²) in [6, 6.07) is 0. The molecule has 0 aromatic rings. The van der Waals surface area contributed by atoms with Crippen LogP contribution in [0.2, 0.25) is 0 Å². The van der Waals surface area contributed by atoms with Crippen LogP contribution >= 0.6 is 0 Å². The van der Waals surface area contributed by atoms with Crippen LogP contribution in [0.4, 0.5) is 0 Å². The molecule has 0 aromatic carbocycles. The van der Waals surface area contributed by atoms with Crippen molar-refractivity contribution >= 4 is 5.97 Å². The SMILES string of the molecule is COC(=O)C(C)(CCO)C1CCCCC1. The standard InChI is InChI=1S/C12H22O3/c1-12(8-9-13,11(14)15-2)10-6-4-3-5-7-10/h10,13H,3-9H2,1-2H3. The zero-order chi connectivity index (χ0) is 11.3. The number of methoxy groups -OCH3 is 1. The highest BCUT2D eigenvalue weighted by Gasteiger charge is 2.41. The molecule has 0 aliphatic heterocycles. The molecular weight excluding hydrogens is 192 g/mol. The Hall–Kier alpha value is -0.570. The van der Waals surface area contributed by atoms with Gasteiger partial charge in [-0.05, 0) is 32.1 Å². The van der Waals surface area contributed by atoms with E-state index in [2.05, 4.69) is 0 Å². The van der Waals surface area contributed by atoms with E-state index in [9.17, 15) is 4.79 Å². The minimum Gasteiger partial charge on any atom is -0.469 e. The molecule has 0 spiro atoms. The smallest absolute Gasteiger partial charge is 0.311 e. The third-order valence-corrected chi connectivity index (χ3v) is 3.79. The van der Waals surface area contributed by atoms with Crippen molar-refractivity contribution in [3.8, 4) is 0 Å². The van der Waals surface area contributed by atoms with Crippen molar-refractivity contribution in [2.75, 3.05) is 13.7 Å². The number of hydrogen-bond donors (Lipinski definition) is 1. The predicted octanol–water partition coefficient (Wildman–Crippen LogP) is 2.13. The van der Waals surface area contributed by atoms with Gasteiger partial charge in [0, 0.05) is 6.61 Å². The van der Waals surface area contributed by atoms with Crippen molar-refractivity contribution < 1.29 is 14.6 Å². The molecule has 1 rings (SSSR count). The normalized spacial score (nSPS) is 22.1. The van der Waals surface area contributed by atoms with Crippen LogP contribution in [0.25, 0.3) is 0 Å². The Labute approximate surface area is 91.8 Å². The quantitative estimate of drug-likeness (QED) is 0.729. The molecule has 1 aliphatic carbocycles. The van der Waals surface area contributed by atoms with E-state index < -0.39 is 5.41 Å². The van der Waals surface area contributed by atoms with Gasteiger partial charge in [0.1, 0.15) is 0 Å². The van der Waals surface area contributed by atoms with E-state index in [1.54, 1.807) is 0 Å². The van der Waals surface area contributed by atoms with Crippen LogP contribution in [-0.4, -0.2) is 24.8 Å². The van der Waals surface area contributed by atoms with Gasteiger partial charge in [-0.3, -0.25) is 4.79 Å². The lowest BCUT2D eigenvalue weighted by Gasteiger charge is -2.37. The maximum absolute atomic E-state index is 11.8. The van der Waals surface area contributed by atoms with E-state index in [0.29, 0.717) is 12.3 Å². The lowest BCUT2D eigenvalue weighted by molar-refractivity contribution is -0.157. The summed E-state index contributed by atoms with van der Waals surface area (Å²) >= 11 is 0. The molecule has 0 amide bonds. The molecule has 0 bridgehead atoms. The third-order valence-electron chi connectivity index (χ3n) is 3.79. The zero-order valence-corrected chi connectivity index (χ0v) is 9.79. The van der Waals surface area contributed by atoms with Crippen LogP contribution in [0, 0.1) is 11.3 Å². The fraction of sp³-hybridized carbons (Fsp3) is 0.917. The summed E-state index contributed by atoms with van der Waals surface area (Å²) in [6.07, 6.45) is 6.36. The first-order valence-corrected chi connectivity index (χ1v) is 5.84. The van der Waals surface area contributed by atoms with Gasteiger partial charge in [0.2, 0.25) is 0 Å². The number of aliphatic hydroxyl groups is 1. The molecule has 3 nitrogen and oxygen atoms in total. The van der Waals surface area contributed by atoms with Crippen LogP contribution in [-0.2, 0) is 9.53 Å². The van der Waals surface area contributed by atoms with Crippen LogP contribution in [0.1, 0.15) is 45.4 Å². The van der Waals surface area contributed by atoms with E-state index >= 15 is 0 Å². The number of esters is 1. The average Bonchev–Trinajstić information content (AvgIpc) is 2.29. The molecule has 1 saturated carbocycles. The average molecular weight is 214 g/mol. The highest BCUT2D eigenvalue weighted by atomic mass is 16.5. The Bertz CT molecular complexity index is 209. The highest BCUT2D eigenvalue weighted by molar-refractivity contribution is 5.76. The first-order chi connectivity index (χ1) is 7.15. The second kappa shape index (κ2) is 5.50. The Morgan fingerprint density at radius 2 is 2.00 bits per heavy atom. The minimum atomic E-state index is -0.482. The van der Waals surface area contributed by atoms with Gasteiger partial charge in [0.25, 0.3) is 0 Å². The minimum absolute atomic E-state index is 0.0576. The second-order valence-electron chi connectivity index (χ2n) is 4.72. The maximum Gasteiger partial charge on any atom is 0.311 e. The number of ether oxygens (including phenoxy) is 1. The zero-order valence-electron chi connectivity index (χ0n) is 9.79. The first kappa shape index (κ1) is 12.5. The summed E-state index contributed by atoms with van der Waals surface area (Å²) in [5.41, 5.74) is -0.482. The number of aliphatic hydroxyl groups excluding tert-OH is 1. The summed E-state index contributed by atoms with van der Waals surface area (Å²) in [5, 5.41) is 9.07. The summed E-state index contributed by atoms with van der Waals surface area (Å²) < 4.78 is 4.87. The molecule has 0 aromatic heterocycles. The molecule has 0 heterocycles. The molecule has 15 heavy (non-hydrogen) atoms. The van der Waals surface area contributed by atoms with E-state index in [0.717, 1.165) is 12.8 Å². The van der Waals surface area contributed by atoms with Gasteiger partial charge in [-0.25, -0.2) is 0 Å². The van der Waals surface area contributed by atoms with Gasteiger partial charge in [-0.2, -0.15) is 0 Å². The number of rotatable bonds is 4. The van der Waals surface area contributed by atoms with E-state index in [4.69, 9.17) is 9.84 Å². The summed E-state index contributed by atoms with van der Waals surface area (Å²) in [7, 11) is 1.43.